The molecule has 3 aromatic carbocycles. The van der Waals surface area contributed by atoms with Gasteiger partial charge in [-0.2, -0.15) is 0 Å². The summed E-state index contributed by atoms with van der Waals surface area (Å²) in [5.41, 5.74) is 3.61. The molecule has 0 radical (unpaired) electrons. The average Bonchev–Trinajstić information content (AvgIpc) is 2.75. The fraction of sp³-hybridized carbons (Fsp3) is 0.250. The summed E-state index contributed by atoms with van der Waals surface area (Å²) < 4.78 is 12.6. The second kappa shape index (κ2) is 8.85. The lowest BCUT2D eigenvalue weighted by Crippen LogP contribution is -2.43. The summed E-state index contributed by atoms with van der Waals surface area (Å²) in [4.78, 5) is 0. The predicted molar refractivity (Wildman–Crippen MR) is 108 cm³/mol. The summed E-state index contributed by atoms with van der Waals surface area (Å²) in [6.45, 7) is 2.39. The Bertz CT molecular complexity index is 829. The third-order valence-corrected chi connectivity index (χ3v) is 4.89. The average molecular weight is 359 g/mol. The minimum absolute atomic E-state index is 0.00840. The van der Waals surface area contributed by atoms with E-state index in [1.54, 1.807) is 0 Å². The molecule has 2 atom stereocenters. The zero-order chi connectivity index (χ0) is 18.3. The van der Waals surface area contributed by atoms with Crippen molar-refractivity contribution >= 4 is 0 Å². The van der Waals surface area contributed by atoms with E-state index in [1.165, 1.54) is 11.1 Å². The van der Waals surface area contributed by atoms with Crippen LogP contribution in [0.25, 0.3) is 0 Å². The van der Waals surface area contributed by atoms with Gasteiger partial charge in [0.1, 0.15) is 11.9 Å². The van der Waals surface area contributed by atoms with Crippen LogP contribution in [0.5, 0.6) is 5.75 Å². The van der Waals surface area contributed by atoms with Crippen molar-refractivity contribution in [3.63, 3.8) is 0 Å². The van der Waals surface area contributed by atoms with Gasteiger partial charge in [-0.1, -0.05) is 78.9 Å². The number of nitrogens with one attached hydrogen (secondary N) is 1. The van der Waals surface area contributed by atoms with Crippen molar-refractivity contribution in [3.8, 4) is 5.75 Å². The monoisotopic (exact) mass is 359 g/mol. The normalized spacial score (nSPS) is 18.0. The van der Waals surface area contributed by atoms with Crippen LogP contribution in [0.1, 0.15) is 22.8 Å². The molecule has 0 bridgehead atoms. The maximum Gasteiger partial charge on any atom is 0.151 e. The predicted octanol–water partition coefficient (Wildman–Crippen LogP) is 4.39. The van der Waals surface area contributed by atoms with Crippen LogP contribution in [0, 0.1) is 0 Å². The Labute approximate surface area is 161 Å². The molecule has 3 aromatic rings. The molecule has 0 spiro atoms. The van der Waals surface area contributed by atoms with E-state index in [2.05, 4.69) is 72.0 Å². The summed E-state index contributed by atoms with van der Waals surface area (Å²) in [6, 6.07) is 29.2. The number of para-hydroxylation sites is 1. The van der Waals surface area contributed by atoms with E-state index in [-0.39, 0.29) is 12.2 Å². The molecule has 3 heteroatoms. The molecule has 1 N–H and O–H groups in total. The molecule has 1 heterocycles. The van der Waals surface area contributed by atoms with Crippen molar-refractivity contribution in [3.05, 3.63) is 102 Å². The quantitative estimate of drug-likeness (QED) is 0.708. The minimum atomic E-state index is -0.143. The second-order valence-corrected chi connectivity index (χ2v) is 6.83. The Balaban J connectivity index is 1.61. The first-order valence-corrected chi connectivity index (χ1v) is 9.56. The lowest BCUT2D eigenvalue weighted by molar-refractivity contribution is -0.0434. The van der Waals surface area contributed by atoms with Crippen LogP contribution >= 0.6 is 0 Å². The van der Waals surface area contributed by atoms with Gasteiger partial charge < -0.3 is 14.8 Å². The number of hydrogen-bond acceptors (Lipinski definition) is 3. The fourth-order valence-corrected chi connectivity index (χ4v) is 3.50. The Morgan fingerprint density at radius 1 is 0.889 bits per heavy atom. The van der Waals surface area contributed by atoms with Crippen LogP contribution in [0.3, 0.4) is 0 Å². The highest BCUT2D eigenvalue weighted by Crippen LogP contribution is 2.30. The van der Waals surface area contributed by atoms with Crippen molar-refractivity contribution in [1.82, 2.24) is 5.32 Å². The van der Waals surface area contributed by atoms with E-state index in [1.807, 2.05) is 18.2 Å². The van der Waals surface area contributed by atoms with E-state index in [0.717, 1.165) is 30.8 Å². The number of morpholine rings is 1. The van der Waals surface area contributed by atoms with Gasteiger partial charge in [-0.25, -0.2) is 0 Å². The van der Waals surface area contributed by atoms with Gasteiger partial charge in [0.2, 0.25) is 0 Å². The summed E-state index contributed by atoms with van der Waals surface area (Å²) >= 11 is 0. The number of hydrogen-bond donors (Lipinski definition) is 1. The first kappa shape index (κ1) is 17.8. The second-order valence-electron chi connectivity index (χ2n) is 6.83. The minimum Gasteiger partial charge on any atom is -0.483 e. The number of ether oxygens (including phenoxy) is 2. The molecule has 27 heavy (non-hydrogen) atoms. The molecule has 1 saturated heterocycles. The summed E-state index contributed by atoms with van der Waals surface area (Å²) in [6.07, 6.45) is 0.698. The molecule has 0 saturated carbocycles. The maximum absolute atomic E-state index is 6.58. The van der Waals surface area contributed by atoms with Crippen LogP contribution in [-0.2, 0) is 11.2 Å². The van der Waals surface area contributed by atoms with Crippen molar-refractivity contribution in [2.24, 2.45) is 0 Å². The van der Waals surface area contributed by atoms with Gasteiger partial charge in [-0.15, -0.1) is 0 Å². The van der Waals surface area contributed by atoms with Gasteiger partial charge in [0.15, 0.2) is 6.10 Å². The molecule has 4 rings (SSSR count). The first-order valence-electron chi connectivity index (χ1n) is 9.56. The fourth-order valence-electron chi connectivity index (χ4n) is 3.50. The highest BCUT2D eigenvalue weighted by atomic mass is 16.5. The summed E-state index contributed by atoms with van der Waals surface area (Å²) in [5.74, 6) is 0.921. The van der Waals surface area contributed by atoms with Crippen molar-refractivity contribution in [1.29, 1.82) is 0 Å². The lowest BCUT2D eigenvalue weighted by Gasteiger charge is -2.32. The van der Waals surface area contributed by atoms with Gasteiger partial charge in [-0.3, -0.25) is 0 Å². The summed E-state index contributed by atoms with van der Waals surface area (Å²) in [7, 11) is 0. The molecule has 138 valence electrons. The highest BCUT2D eigenvalue weighted by molar-refractivity contribution is 5.38. The largest absolute Gasteiger partial charge is 0.483 e. The Hall–Kier alpha value is -2.62. The summed E-state index contributed by atoms with van der Waals surface area (Å²) in [5, 5.41) is 3.42. The lowest BCUT2D eigenvalue weighted by atomic mass is 10.0. The number of benzene rings is 3. The SMILES string of the molecule is c1ccc(Cc2ccccc2OC(c2ccccc2)C2CNCCO2)cc1. The van der Waals surface area contributed by atoms with E-state index in [0.29, 0.717) is 6.61 Å². The van der Waals surface area contributed by atoms with Gasteiger partial charge in [0, 0.05) is 19.5 Å². The molecule has 2 unspecified atom stereocenters. The zero-order valence-electron chi connectivity index (χ0n) is 15.4. The van der Waals surface area contributed by atoms with Gasteiger partial charge in [-0.05, 0) is 22.8 Å². The van der Waals surface area contributed by atoms with E-state index in [9.17, 15) is 0 Å². The molecule has 1 aliphatic heterocycles. The number of rotatable bonds is 6. The molecule has 3 nitrogen and oxygen atoms in total. The van der Waals surface area contributed by atoms with Crippen LogP contribution in [-0.4, -0.2) is 25.8 Å². The van der Waals surface area contributed by atoms with Crippen LogP contribution in [0.15, 0.2) is 84.9 Å². The van der Waals surface area contributed by atoms with Crippen molar-refractivity contribution in [2.45, 2.75) is 18.6 Å². The van der Waals surface area contributed by atoms with Crippen LogP contribution in [0.2, 0.25) is 0 Å². The topological polar surface area (TPSA) is 30.5 Å². The standard InChI is InChI=1S/C24H25NO2/c1-3-9-19(10-4-1)17-21-13-7-8-14-22(21)27-24(20-11-5-2-6-12-20)23-18-25-15-16-26-23/h1-14,23-25H,15-18H2. The molecule has 0 aliphatic carbocycles. The molecular weight excluding hydrogens is 334 g/mol. The van der Waals surface area contributed by atoms with Gasteiger partial charge in [0.25, 0.3) is 0 Å². The zero-order valence-corrected chi connectivity index (χ0v) is 15.4. The Morgan fingerprint density at radius 2 is 1.59 bits per heavy atom. The Kier molecular flexibility index (Phi) is 5.83. The molecule has 1 fully saturated rings. The first-order chi connectivity index (χ1) is 13.4. The van der Waals surface area contributed by atoms with E-state index < -0.39 is 0 Å². The van der Waals surface area contributed by atoms with Crippen LogP contribution < -0.4 is 10.1 Å². The molecular formula is C24H25NO2. The highest BCUT2D eigenvalue weighted by Gasteiger charge is 2.28. The third kappa shape index (κ3) is 4.57. The maximum atomic E-state index is 6.58. The third-order valence-electron chi connectivity index (χ3n) is 4.89. The van der Waals surface area contributed by atoms with E-state index >= 15 is 0 Å². The van der Waals surface area contributed by atoms with Crippen molar-refractivity contribution < 1.29 is 9.47 Å². The van der Waals surface area contributed by atoms with E-state index in [4.69, 9.17) is 9.47 Å². The Morgan fingerprint density at radius 3 is 2.33 bits per heavy atom. The smallest absolute Gasteiger partial charge is 0.151 e. The van der Waals surface area contributed by atoms with Crippen molar-refractivity contribution in [2.75, 3.05) is 19.7 Å². The molecule has 0 aromatic heterocycles. The molecule has 0 amide bonds. The van der Waals surface area contributed by atoms with Gasteiger partial charge >= 0.3 is 0 Å². The molecule has 1 aliphatic rings. The van der Waals surface area contributed by atoms with Gasteiger partial charge in [0.05, 0.1) is 6.61 Å². The van der Waals surface area contributed by atoms with Crippen LogP contribution in [0.4, 0.5) is 0 Å².